The number of ketones is 1. The number of nitrogens with one attached hydrogen (secondary N) is 1. The minimum absolute atomic E-state index is 0.0635. The molecule has 0 saturated heterocycles. The molecule has 1 amide bonds. The van der Waals surface area contributed by atoms with Crippen LogP contribution in [0.2, 0.25) is 0 Å². The van der Waals surface area contributed by atoms with E-state index in [1.54, 1.807) is 52.7 Å². The van der Waals surface area contributed by atoms with Crippen LogP contribution in [0.1, 0.15) is 32.1 Å². The maximum absolute atomic E-state index is 12.7. The zero-order valence-corrected chi connectivity index (χ0v) is 16.4. The number of nitrogens with zero attached hydrogens (tertiary/aromatic N) is 5. The van der Waals surface area contributed by atoms with Crippen LogP contribution in [-0.2, 0) is 6.54 Å². The van der Waals surface area contributed by atoms with Crippen LogP contribution in [0.25, 0.3) is 0 Å². The number of aryl methyl sites for hydroxylation is 1. The Kier molecular flexibility index (Phi) is 6.05. The maximum atomic E-state index is 12.7. The lowest BCUT2D eigenvalue weighted by molar-refractivity contribution is 0.0999. The van der Waals surface area contributed by atoms with E-state index in [0.29, 0.717) is 28.5 Å². The SMILES string of the molecule is C=CCn1nnnc1SCC(=O)c1cc(C)n(NC(=O)c2ccccc2)c1C. The molecule has 2 aromatic heterocycles. The number of thioether (sulfide) groups is 1. The van der Waals surface area contributed by atoms with Crippen LogP contribution in [0.15, 0.2) is 54.2 Å². The van der Waals surface area contributed by atoms with Gasteiger partial charge in [-0.3, -0.25) is 19.7 Å². The first kappa shape index (κ1) is 19.6. The minimum Gasteiger partial charge on any atom is -0.293 e. The summed E-state index contributed by atoms with van der Waals surface area (Å²) in [6.07, 6.45) is 1.69. The van der Waals surface area contributed by atoms with E-state index < -0.39 is 0 Å². The van der Waals surface area contributed by atoms with Gasteiger partial charge in [-0.15, -0.1) is 11.7 Å². The van der Waals surface area contributed by atoms with E-state index in [1.807, 2.05) is 13.0 Å². The number of hydrogen-bond donors (Lipinski definition) is 1. The standard InChI is InChI=1S/C19H20N6O2S/c1-4-10-24-19(20-22-23-24)28-12-17(26)16-11-13(2)25(14(16)3)21-18(27)15-8-6-5-7-9-15/h4-9,11H,1,10,12H2,2-3H3,(H,21,27). The highest BCUT2D eigenvalue weighted by Gasteiger charge is 2.19. The highest BCUT2D eigenvalue weighted by Crippen LogP contribution is 2.20. The van der Waals surface area contributed by atoms with Gasteiger partial charge in [0.05, 0.1) is 12.3 Å². The fraction of sp³-hybridized carbons (Fsp3) is 0.211. The number of carbonyl (C=O) groups excluding carboxylic acids is 2. The molecule has 0 aliphatic heterocycles. The van der Waals surface area contributed by atoms with Crippen molar-refractivity contribution in [3.63, 3.8) is 0 Å². The van der Waals surface area contributed by atoms with Crippen LogP contribution in [0, 0.1) is 13.8 Å². The monoisotopic (exact) mass is 396 g/mol. The van der Waals surface area contributed by atoms with Crippen molar-refractivity contribution in [2.45, 2.75) is 25.5 Å². The van der Waals surface area contributed by atoms with Gasteiger partial charge < -0.3 is 0 Å². The van der Waals surface area contributed by atoms with E-state index in [2.05, 4.69) is 27.5 Å². The summed E-state index contributed by atoms with van der Waals surface area (Å²) >= 11 is 1.26. The molecule has 28 heavy (non-hydrogen) atoms. The average molecular weight is 396 g/mol. The number of aromatic nitrogens is 5. The largest absolute Gasteiger partial charge is 0.293 e. The van der Waals surface area contributed by atoms with Crippen molar-refractivity contribution in [2.75, 3.05) is 11.2 Å². The Morgan fingerprint density at radius 2 is 2.00 bits per heavy atom. The summed E-state index contributed by atoms with van der Waals surface area (Å²) in [6.45, 7) is 7.78. The molecule has 0 aliphatic rings. The Morgan fingerprint density at radius 3 is 2.71 bits per heavy atom. The lowest BCUT2D eigenvalue weighted by Crippen LogP contribution is -2.25. The van der Waals surface area contributed by atoms with Gasteiger partial charge in [-0.2, -0.15) is 0 Å². The lowest BCUT2D eigenvalue weighted by Gasteiger charge is -2.11. The van der Waals surface area contributed by atoms with Gasteiger partial charge in [0.1, 0.15) is 0 Å². The highest BCUT2D eigenvalue weighted by atomic mass is 32.2. The number of hydrogen-bond acceptors (Lipinski definition) is 6. The topological polar surface area (TPSA) is 94.7 Å². The second kappa shape index (κ2) is 8.66. The lowest BCUT2D eigenvalue weighted by atomic mass is 10.2. The third-order valence-corrected chi connectivity index (χ3v) is 5.07. The molecule has 0 aliphatic carbocycles. The van der Waals surface area contributed by atoms with Gasteiger partial charge in [-0.1, -0.05) is 36.0 Å². The van der Waals surface area contributed by atoms with Gasteiger partial charge in [0.2, 0.25) is 5.16 Å². The first-order chi connectivity index (χ1) is 13.5. The molecule has 9 heteroatoms. The van der Waals surface area contributed by atoms with Crippen molar-refractivity contribution in [1.82, 2.24) is 24.9 Å². The van der Waals surface area contributed by atoms with Gasteiger partial charge >= 0.3 is 0 Å². The second-order valence-corrected chi connectivity index (χ2v) is 7.01. The third-order valence-electron chi connectivity index (χ3n) is 4.11. The summed E-state index contributed by atoms with van der Waals surface area (Å²) in [7, 11) is 0. The summed E-state index contributed by atoms with van der Waals surface area (Å²) in [4.78, 5) is 25.1. The number of allylic oxidation sites excluding steroid dienone is 1. The zero-order chi connectivity index (χ0) is 20.1. The third kappa shape index (κ3) is 4.20. The summed E-state index contributed by atoms with van der Waals surface area (Å²) in [6, 6.07) is 10.7. The summed E-state index contributed by atoms with van der Waals surface area (Å²) in [5, 5.41) is 12.0. The highest BCUT2D eigenvalue weighted by molar-refractivity contribution is 7.99. The summed E-state index contributed by atoms with van der Waals surface area (Å²) < 4.78 is 3.21. The normalized spacial score (nSPS) is 10.6. The summed E-state index contributed by atoms with van der Waals surface area (Å²) in [5.41, 5.74) is 5.39. The van der Waals surface area contributed by atoms with E-state index in [9.17, 15) is 9.59 Å². The molecular formula is C19H20N6O2S. The zero-order valence-electron chi connectivity index (χ0n) is 15.6. The van der Waals surface area contributed by atoms with Crippen LogP contribution in [0.5, 0.6) is 0 Å². The van der Waals surface area contributed by atoms with E-state index in [-0.39, 0.29) is 17.4 Å². The van der Waals surface area contributed by atoms with Gasteiger partial charge in [0.15, 0.2) is 5.78 Å². The Morgan fingerprint density at radius 1 is 1.25 bits per heavy atom. The first-order valence-corrected chi connectivity index (χ1v) is 9.58. The van der Waals surface area contributed by atoms with Crippen LogP contribution in [-0.4, -0.2) is 42.3 Å². The molecule has 0 fully saturated rings. The molecule has 0 radical (unpaired) electrons. The fourth-order valence-electron chi connectivity index (χ4n) is 2.72. The number of rotatable bonds is 8. The molecule has 144 valence electrons. The predicted octanol–water partition coefficient (Wildman–Crippen LogP) is 2.64. The number of Topliss-reactive ketones (excluding diaryl/α,β-unsaturated/α-hetero) is 1. The van der Waals surface area contributed by atoms with Crippen molar-refractivity contribution >= 4 is 23.5 Å². The Bertz CT molecular complexity index is 1010. The van der Waals surface area contributed by atoms with Gasteiger partial charge in [-0.25, -0.2) is 4.68 Å². The van der Waals surface area contributed by atoms with Gasteiger partial charge in [-0.05, 0) is 42.5 Å². The van der Waals surface area contributed by atoms with Crippen molar-refractivity contribution in [3.05, 3.63) is 71.6 Å². The molecular weight excluding hydrogens is 376 g/mol. The van der Waals surface area contributed by atoms with Crippen molar-refractivity contribution in [1.29, 1.82) is 0 Å². The molecule has 8 nitrogen and oxygen atoms in total. The minimum atomic E-state index is -0.237. The molecule has 1 aromatic carbocycles. The molecule has 0 saturated carbocycles. The maximum Gasteiger partial charge on any atom is 0.270 e. The second-order valence-electron chi connectivity index (χ2n) is 6.07. The van der Waals surface area contributed by atoms with E-state index in [1.165, 1.54) is 11.8 Å². The van der Waals surface area contributed by atoms with E-state index in [4.69, 9.17) is 0 Å². The van der Waals surface area contributed by atoms with E-state index >= 15 is 0 Å². The van der Waals surface area contributed by atoms with E-state index in [0.717, 1.165) is 5.69 Å². The van der Waals surface area contributed by atoms with Gasteiger partial charge in [0, 0.05) is 22.5 Å². The average Bonchev–Trinajstić information content (AvgIpc) is 3.26. The van der Waals surface area contributed by atoms with Gasteiger partial charge in [0.25, 0.3) is 5.91 Å². The molecule has 0 spiro atoms. The van der Waals surface area contributed by atoms with Crippen molar-refractivity contribution < 1.29 is 9.59 Å². The molecule has 2 heterocycles. The molecule has 3 rings (SSSR count). The quantitative estimate of drug-likeness (QED) is 0.357. The number of benzene rings is 1. The van der Waals surface area contributed by atoms with Crippen molar-refractivity contribution in [2.24, 2.45) is 0 Å². The number of amides is 1. The van der Waals surface area contributed by atoms with Crippen LogP contribution in [0.4, 0.5) is 0 Å². The Labute approximate surface area is 166 Å². The first-order valence-electron chi connectivity index (χ1n) is 8.59. The Hall–Kier alpha value is -3.20. The smallest absolute Gasteiger partial charge is 0.270 e. The van der Waals surface area contributed by atoms with Crippen LogP contribution in [0.3, 0.4) is 0 Å². The molecule has 0 bridgehead atoms. The predicted molar refractivity (Wildman–Crippen MR) is 107 cm³/mol. The number of tetrazole rings is 1. The number of carbonyl (C=O) groups is 2. The summed E-state index contributed by atoms with van der Waals surface area (Å²) in [5.74, 6) is -0.111. The Balaban J connectivity index is 1.72. The molecule has 0 atom stereocenters. The van der Waals surface area contributed by atoms with Crippen molar-refractivity contribution in [3.8, 4) is 0 Å². The van der Waals surface area contributed by atoms with Crippen LogP contribution >= 0.6 is 11.8 Å². The molecule has 0 unspecified atom stereocenters. The van der Waals surface area contributed by atoms with Crippen LogP contribution < -0.4 is 5.43 Å². The molecule has 3 aromatic rings. The fourth-order valence-corrected chi connectivity index (χ4v) is 3.49. The molecule has 1 N–H and O–H groups in total.